The van der Waals surface area contributed by atoms with Crippen LogP contribution in [0.4, 0.5) is 5.95 Å². The standard InChI is InChI=1S/C17H18ClN5O2/c18-10-4-5-13(15(25)6-10)16-14-8-19-9-23(14)17(22-21-16)20-11-2-1-3-12(24)7-11/h4-6,8-9,11-12,24-25H,1-3,7H2,(H,20,22)/t11-,12+/m1/s1. The maximum absolute atomic E-state index is 10.2. The maximum atomic E-state index is 10.2. The second kappa shape index (κ2) is 6.50. The predicted octanol–water partition coefficient (Wildman–Crippen LogP) is 2.87. The minimum absolute atomic E-state index is 0.0426. The van der Waals surface area contributed by atoms with Crippen LogP contribution < -0.4 is 5.32 Å². The number of aliphatic hydroxyl groups excluding tert-OH is 1. The topological polar surface area (TPSA) is 95.6 Å². The van der Waals surface area contributed by atoms with Crippen molar-refractivity contribution in [1.29, 1.82) is 0 Å². The molecule has 3 N–H and O–H groups in total. The normalized spacial score (nSPS) is 20.7. The molecule has 0 radical (unpaired) electrons. The summed E-state index contributed by atoms with van der Waals surface area (Å²) in [6, 6.07) is 5.03. The first-order valence-corrected chi connectivity index (χ1v) is 8.62. The number of phenolic OH excluding ortho intramolecular Hbond substituents is 1. The second-order valence-electron chi connectivity index (χ2n) is 6.34. The molecule has 2 atom stereocenters. The first-order valence-electron chi connectivity index (χ1n) is 8.24. The summed E-state index contributed by atoms with van der Waals surface area (Å²) in [7, 11) is 0. The molecule has 7 nitrogen and oxygen atoms in total. The van der Waals surface area contributed by atoms with Crippen LogP contribution in [0.2, 0.25) is 5.02 Å². The van der Waals surface area contributed by atoms with Gasteiger partial charge in [0.2, 0.25) is 5.95 Å². The van der Waals surface area contributed by atoms with Gasteiger partial charge in [-0.2, -0.15) is 0 Å². The van der Waals surface area contributed by atoms with Crippen molar-refractivity contribution < 1.29 is 10.2 Å². The van der Waals surface area contributed by atoms with E-state index in [1.165, 1.54) is 6.07 Å². The molecule has 1 fully saturated rings. The van der Waals surface area contributed by atoms with Gasteiger partial charge in [-0.15, -0.1) is 10.2 Å². The molecule has 1 aliphatic rings. The average molecular weight is 360 g/mol. The van der Waals surface area contributed by atoms with E-state index in [2.05, 4.69) is 20.5 Å². The SMILES string of the molecule is Oc1cc(Cl)ccc1-c1nnc(N[C@@H]2CCC[C@H](O)C2)n2cncc12. The van der Waals surface area contributed by atoms with E-state index in [-0.39, 0.29) is 17.9 Å². The van der Waals surface area contributed by atoms with Crippen molar-refractivity contribution in [2.24, 2.45) is 0 Å². The van der Waals surface area contributed by atoms with Gasteiger partial charge in [0, 0.05) is 16.6 Å². The summed E-state index contributed by atoms with van der Waals surface area (Å²) in [6.45, 7) is 0. The highest BCUT2D eigenvalue weighted by Crippen LogP contribution is 2.33. The molecule has 130 valence electrons. The van der Waals surface area contributed by atoms with E-state index in [4.69, 9.17) is 11.6 Å². The van der Waals surface area contributed by atoms with Crippen molar-refractivity contribution in [1.82, 2.24) is 19.6 Å². The van der Waals surface area contributed by atoms with Crippen LogP contribution in [0.1, 0.15) is 25.7 Å². The number of hydrogen-bond donors (Lipinski definition) is 3. The van der Waals surface area contributed by atoms with Crippen molar-refractivity contribution in [3.05, 3.63) is 35.7 Å². The lowest BCUT2D eigenvalue weighted by Crippen LogP contribution is -2.31. The second-order valence-corrected chi connectivity index (χ2v) is 6.78. The number of aromatic hydroxyl groups is 1. The molecular formula is C17H18ClN5O2. The fourth-order valence-corrected chi connectivity index (χ4v) is 3.48. The molecule has 1 saturated carbocycles. The molecule has 0 spiro atoms. The highest BCUT2D eigenvalue weighted by atomic mass is 35.5. The van der Waals surface area contributed by atoms with E-state index < -0.39 is 0 Å². The van der Waals surface area contributed by atoms with Gasteiger partial charge in [-0.3, -0.25) is 4.40 Å². The number of benzene rings is 1. The first kappa shape index (κ1) is 16.1. The lowest BCUT2D eigenvalue weighted by Gasteiger charge is -2.27. The summed E-state index contributed by atoms with van der Waals surface area (Å²) in [6.07, 6.45) is 6.56. The third-order valence-corrected chi connectivity index (χ3v) is 4.78. The number of nitrogens with one attached hydrogen (secondary N) is 1. The van der Waals surface area contributed by atoms with Crippen LogP contribution in [-0.2, 0) is 0 Å². The Morgan fingerprint density at radius 3 is 2.92 bits per heavy atom. The van der Waals surface area contributed by atoms with Crippen molar-refractivity contribution >= 4 is 23.1 Å². The first-order chi connectivity index (χ1) is 12.1. The van der Waals surface area contributed by atoms with Crippen molar-refractivity contribution in [3.63, 3.8) is 0 Å². The number of phenols is 1. The van der Waals surface area contributed by atoms with Crippen LogP contribution in [0.3, 0.4) is 0 Å². The number of nitrogens with zero attached hydrogens (tertiary/aromatic N) is 4. The number of imidazole rings is 1. The predicted molar refractivity (Wildman–Crippen MR) is 94.8 cm³/mol. The molecular weight excluding hydrogens is 342 g/mol. The third-order valence-electron chi connectivity index (χ3n) is 4.55. The summed E-state index contributed by atoms with van der Waals surface area (Å²) in [5.74, 6) is 0.616. The van der Waals surface area contributed by atoms with E-state index in [1.54, 1.807) is 29.1 Å². The molecule has 1 aliphatic carbocycles. The number of halogens is 1. The molecule has 3 aromatic rings. The minimum atomic E-state index is -0.275. The van der Waals surface area contributed by atoms with Crippen LogP contribution in [0.15, 0.2) is 30.7 Å². The monoisotopic (exact) mass is 359 g/mol. The summed E-state index contributed by atoms with van der Waals surface area (Å²) in [5.41, 5.74) is 1.80. The fraction of sp³-hybridized carbons (Fsp3) is 0.353. The Labute approximate surface area is 149 Å². The number of aliphatic hydroxyl groups is 1. The van der Waals surface area contributed by atoms with Gasteiger partial charge < -0.3 is 15.5 Å². The Bertz CT molecular complexity index is 913. The summed E-state index contributed by atoms with van der Waals surface area (Å²) in [4.78, 5) is 4.19. The lowest BCUT2D eigenvalue weighted by molar-refractivity contribution is 0.124. The Morgan fingerprint density at radius 2 is 2.12 bits per heavy atom. The molecule has 8 heteroatoms. The Kier molecular flexibility index (Phi) is 4.19. The zero-order chi connectivity index (χ0) is 17.4. The molecule has 2 heterocycles. The largest absolute Gasteiger partial charge is 0.507 e. The highest BCUT2D eigenvalue weighted by Gasteiger charge is 2.22. The van der Waals surface area contributed by atoms with Gasteiger partial charge in [-0.05, 0) is 43.9 Å². The zero-order valence-electron chi connectivity index (χ0n) is 13.4. The van der Waals surface area contributed by atoms with Crippen molar-refractivity contribution in [2.45, 2.75) is 37.8 Å². The molecule has 1 aromatic carbocycles. The maximum Gasteiger partial charge on any atom is 0.229 e. The molecule has 2 aromatic heterocycles. The van der Waals surface area contributed by atoms with Crippen LogP contribution >= 0.6 is 11.6 Å². The zero-order valence-corrected chi connectivity index (χ0v) is 14.2. The van der Waals surface area contributed by atoms with E-state index in [0.29, 0.717) is 28.6 Å². The third kappa shape index (κ3) is 3.12. The van der Waals surface area contributed by atoms with Gasteiger partial charge in [0.25, 0.3) is 0 Å². The molecule has 25 heavy (non-hydrogen) atoms. The molecule has 0 aliphatic heterocycles. The summed E-state index contributed by atoms with van der Waals surface area (Å²) >= 11 is 5.90. The minimum Gasteiger partial charge on any atom is -0.507 e. The Hall–Kier alpha value is -2.38. The van der Waals surface area contributed by atoms with Gasteiger partial charge in [0.05, 0.1) is 17.8 Å². The lowest BCUT2D eigenvalue weighted by atomic mass is 9.93. The summed E-state index contributed by atoms with van der Waals surface area (Å²) < 4.78 is 1.80. The quantitative estimate of drug-likeness (QED) is 0.665. The van der Waals surface area contributed by atoms with Crippen LogP contribution in [-0.4, -0.2) is 41.9 Å². The molecule has 0 saturated heterocycles. The number of rotatable bonds is 3. The van der Waals surface area contributed by atoms with Gasteiger partial charge >= 0.3 is 0 Å². The summed E-state index contributed by atoms with van der Waals surface area (Å²) in [5, 5.41) is 32.4. The van der Waals surface area contributed by atoms with Crippen molar-refractivity contribution in [3.8, 4) is 17.0 Å². The van der Waals surface area contributed by atoms with Gasteiger partial charge in [-0.1, -0.05) is 11.6 Å². The van der Waals surface area contributed by atoms with Crippen molar-refractivity contribution in [2.75, 3.05) is 5.32 Å². The van der Waals surface area contributed by atoms with Gasteiger partial charge in [0.1, 0.15) is 17.8 Å². The van der Waals surface area contributed by atoms with Crippen LogP contribution in [0, 0.1) is 0 Å². The average Bonchev–Trinajstić information content (AvgIpc) is 3.06. The van der Waals surface area contributed by atoms with Gasteiger partial charge in [0.15, 0.2) is 0 Å². The van der Waals surface area contributed by atoms with E-state index >= 15 is 0 Å². The van der Waals surface area contributed by atoms with E-state index in [9.17, 15) is 10.2 Å². The van der Waals surface area contributed by atoms with Crippen LogP contribution in [0.25, 0.3) is 16.8 Å². The smallest absolute Gasteiger partial charge is 0.229 e. The number of fused-ring (bicyclic) bond motifs is 1. The molecule has 0 bridgehead atoms. The van der Waals surface area contributed by atoms with E-state index in [1.807, 2.05) is 0 Å². The van der Waals surface area contributed by atoms with E-state index in [0.717, 1.165) is 24.8 Å². The Balaban J connectivity index is 1.71. The Morgan fingerprint density at radius 1 is 1.24 bits per heavy atom. The highest BCUT2D eigenvalue weighted by molar-refractivity contribution is 6.30. The van der Waals surface area contributed by atoms with Crippen LogP contribution in [0.5, 0.6) is 5.75 Å². The van der Waals surface area contributed by atoms with Gasteiger partial charge in [-0.25, -0.2) is 4.98 Å². The number of hydrogen-bond acceptors (Lipinski definition) is 6. The number of anilines is 1. The molecule has 0 amide bonds. The molecule has 4 rings (SSSR count). The fourth-order valence-electron chi connectivity index (χ4n) is 3.31. The number of aromatic nitrogens is 4. The molecule has 0 unspecified atom stereocenters.